The lowest BCUT2D eigenvalue weighted by Gasteiger charge is -1.94. The van der Waals surface area contributed by atoms with Crippen LogP contribution in [0.5, 0.6) is 0 Å². The van der Waals surface area contributed by atoms with Gasteiger partial charge < -0.3 is 0 Å². The van der Waals surface area contributed by atoms with E-state index in [1.165, 1.54) is 11.1 Å². The lowest BCUT2D eigenvalue weighted by atomic mass is 10.1. The minimum Gasteiger partial charge on any atom is -0.0535 e. The Morgan fingerprint density at radius 2 is 2.30 bits per heavy atom. The van der Waals surface area contributed by atoms with Gasteiger partial charge in [-0.1, -0.05) is 6.07 Å². The first kappa shape index (κ1) is 5.42. The van der Waals surface area contributed by atoms with Gasteiger partial charge in [0.1, 0.15) is 0 Å². The van der Waals surface area contributed by atoms with Crippen molar-refractivity contribution in [3.05, 3.63) is 41.6 Å². The number of hydrogen-bond acceptors (Lipinski definition) is 1. The zero-order valence-electron chi connectivity index (χ0n) is 5.41. The molecule has 1 heteroatoms. The minimum absolute atomic E-state index is 1.17. The van der Waals surface area contributed by atoms with Crippen molar-refractivity contribution in [3.63, 3.8) is 0 Å². The highest BCUT2D eigenvalue weighted by Gasteiger charge is 2.04. The van der Waals surface area contributed by atoms with Crippen LogP contribution in [-0.4, -0.2) is 6.21 Å². The quantitative estimate of drug-likeness (QED) is 0.499. The predicted octanol–water partition coefficient (Wildman–Crippen LogP) is 1.23. The first-order chi connectivity index (χ1) is 4.97. The number of fused-ring (bicyclic) bond motifs is 1. The highest BCUT2D eigenvalue weighted by Crippen LogP contribution is 2.08. The fraction of sp³-hybridized carbons (Fsp3) is 0. The minimum atomic E-state index is 1.17. The molecule has 0 bridgehead atoms. The van der Waals surface area contributed by atoms with Crippen LogP contribution in [0.3, 0.4) is 0 Å². The summed E-state index contributed by atoms with van der Waals surface area (Å²) in [5, 5.41) is 0. The summed E-state index contributed by atoms with van der Waals surface area (Å²) >= 11 is 0. The molecule has 0 aliphatic carbocycles. The largest absolute Gasteiger partial charge is 0.249 e. The second-order valence-corrected chi connectivity index (χ2v) is 2.15. The van der Waals surface area contributed by atoms with Crippen LogP contribution in [-0.2, 0) is 0 Å². The Labute approximate surface area is 59.7 Å². The molecule has 0 N–H and O–H groups in total. The second-order valence-electron chi connectivity index (χ2n) is 2.15. The highest BCUT2D eigenvalue weighted by molar-refractivity contribution is 5.87. The van der Waals surface area contributed by atoms with Gasteiger partial charge in [-0.2, -0.15) is 0 Å². The van der Waals surface area contributed by atoms with Gasteiger partial charge in [-0.3, -0.25) is 0 Å². The molecule has 2 rings (SSSR count). The van der Waals surface area contributed by atoms with Gasteiger partial charge in [0.2, 0.25) is 12.4 Å². The molecule has 1 aromatic carbocycles. The maximum Gasteiger partial charge on any atom is 0.249 e. The summed E-state index contributed by atoms with van der Waals surface area (Å²) in [4.78, 5) is 4.00. The van der Waals surface area contributed by atoms with E-state index in [0.717, 1.165) is 0 Å². The van der Waals surface area contributed by atoms with E-state index >= 15 is 0 Å². The maximum atomic E-state index is 4.00. The summed E-state index contributed by atoms with van der Waals surface area (Å²) in [5.41, 5.74) is 2.36. The highest BCUT2D eigenvalue weighted by atomic mass is 14.7. The third-order valence-corrected chi connectivity index (χ3v) is 1.49. The molecule has 10 heavy (non-hydrogen) atoms. The second kappa shape index (κ2) is 2.10. The van der Waals surface area contributed by atoms with Gasteiger partial charge in [0.25, 0.3) is 0 Å². The molecule has 0 saturated carbocycles. The SMILES string of the molecule is [c]1ccc2c(c1)C=C[N+]=C2. The van der Waals surface area contributed by atoms with E-state index < -0.39 is 0 Å². The average Bonchev–Trinajstić information content (AvgIpc) is 2.05. The zero-order chi connectivity index (χ0) is 6.81. The molecule has 1 heterocycles. The summed E-state index contributed by atoms with van der Waals surface area (Å²) in [7, 11) is 0. The van der Waals surface area contributed by atoms with Crippen LogP contribution < -0.4 is 4.99 Å². The molecular weight excluding hydrogens is 122 g/mol. The van der Waals surface area contributed by atoms with Gasteiger partial charge in [-0.15, -0.1) is 0 Å². The number of nitrogens with zero attached hydrogens (tertiary/aromatic N) is 1. The van der Waals surface area contributed by atoms with Crippen molar-refractivity contribution in [1.82, 2.24) is 4.99 Å². The zero-order valence-corrected chi connectivity index (χ0v) is 5.41. The lowest BCUT2D eigenvalue weighted by Crippen LogP contribution is -1.95. The Balaban J connectivity index is 2.65. The Kier molecular flexibility index (Phi) is 1.14. The maximum absolute atomic E-state index is 4.00. The molecule has 1 aromatic rings. The Bertz CT molecular complexity index is 266. The summed E-state index contributed by atoms with van der Waals surface area (Å²) in [6, 6.07) is 8.86. The topological polar surface area (TPSA) is 14.1 Å². The van der Waals surface area contributed by atoms with Crippen LogP contribution in [0.1, 0.15) is 11.1 Å². The van der Waals surface area contributed by atoms with Crippen LogP contribution in [0, 0.1) is 6.07 Å². The van der Waals surface area contributed by atoms with Gasteiger partial charge in [-0.05, 0) is 23.8 Å². The molecule has 46 valence electrons. The monoisotopic (exact) mass is 128 g/mol. The molecule has 0 spiro atoms. The van der Waals surface area contributed by atoms with Crippen molar-refractivity contribution in [1.29, 1.82) is 0 Å². The van der Waals surface area contributed by atoms with Crippen molar-refractivity contribution in [2.45, 2.75) is 0 Å². The molecule has 0 unspecified atom stereocenters. The fourth-order valence-corrected chi connectivity index (χ4v) is 0.964. The van der Waals surface area contributed by atoms with Gasteiger partial charge in [-0.25, -0.2) is 0 Å². The molecule has 0 fully saturated rings. The average molecular weight is 128 g/mol. The first-order valence-corrected chi connectivity index (χ1v) is 3.17. The number of benzene rings is 1. The standard InChI is InChI=1S/C9H6N/c1-2-4-9-7-10-6-5-8(9)3-1/h2-7H/q+1. The Hall–Kier alpha value is -1.37. The van der Waals surface area contributed by atoms with Gasteiger partial charge in [0.15, 0.2) is 0 Å². The van der Waals surface area contributed by atoms with E-state index in [1.54, 1.807) is 6.20 Å². The van der Waals surface area contributed by atoms with Crippen molar-refractivity contribution in [2.75, 3.05) is 0 Å². The summed E-state index contributed by atoms with van der Waals surface area (Å²) < 4.78 is 0. The lowest BCUT2D eigenvalue weighted by molar-refractivity contribution is 1.38. The smallest absolute Gasteiger partial charge is 0.0535 e. The van der Waals surface area contributed by atoms with Crippen molar-refractivity contribution >= 4 is 12.3 Å². The van der Waals surface area contributed by atoms with Gasteiger partial charge in [0, 0.05) is 6.08 Å². The van der Waals surface area contributed by atoms with Crippen molar-refractivity contribution in [3.8, 4) is 0 Å². The molecule has 0 amide bonds. The van der Waals surface area contributed by atoms with E-state index in [2.05, 4.69) is 11.1 Å². The molecule has 2 radical (unpaired) electrons. The Morgan fingerprint density at radius 1 is 1.30 bits per heavy atom. The third-order valence-electron chi connectivity index (χ3n) is 1.49. The molecule has 0 aromatic heterocycles. The van der Waals surface area contributed by atoms with Crippen molar-refractivity contribution < 1.29 is 0 Å². The van der Waals surface area contributed by atoms with E-state index in [1.807, 2.05) is 30.5 Å². The van der Waals surface area contributed by atoms with Crippen LogP contribution in [0.2, 0.25) is 0 Å². The van der Waals surface area contributed by atoms with Crippen LogP contribution in [0.15, 0.2) is 24.4 Å². The number of rotatable bonds is 0. The van der Waals surface area contributed by atoms with E-state index in [9.17, 15) is 0 Å². The van der Waals surface area contributed by atoms with Gasteiger partial charge in [0.05, 0.1) is 10.6 Å². The summed E-state index contributed by atoms with van der Waals surface area (Å²) in [6.07, 6.45) is 5.62. The number of aliphatic imine (C=N–C) groups is 1. The molecule has 0 saturated heterocycles. The van der Waals surface area contributed by atoms with E-state index in [0.29, 0.717) is 0 Å². The normalized spacial score (nSPS) is 13.2. The fourth-order valence-electron chi connectivity index (χ4n) is 0.964. The summed E-state index contributed by atoms with van der Waals surface area (Å²) in [5.74, 6) is 0. The molecule has 1 aliphatic heterocycles. The van der Waals surface area contributed by atoms with E-state index in [-0.39, 0.29) is 0 Å². The molecule has 1 nitrogen and oxygen atoms in total. The number of hydrogen-bond donors (Lipinski definition) is 0. The first-order valence-electron chi connectivity index (χ1n) is 3.17. The van der Waals surface area contributed by atoms with Crippen LogP contribution in [0.4, 0.5) is 0 Å². The summed E-state index contributed by atoms with van der Waals surface area (Å²) in [6.45, 7) is 0. The van der Waals surface area contributed by atoms with Crippen LogP contribution >= 0.6 is 0 Å². The molecule has 1 aliphatic rings. The molecule has 0 atom stereocenters. The predicted molar refractivity (Wildman–Crippen MR) is 41.6 cm³/mol. The van der Waals surface area contributed by atoms with Crippen molar-refractivity contribution in [2.24, 2.45) is 0 Å². The molecular formula is C9H6N+. The third kappa shape index (κ3) is 0.760. The van der Waals surface area contributed by atoms with E-state index in [4.69, 9.17) is 0 Å². The Morgan fingerprint density at radius 3 is 3.20 bits per heavy atom. The van der Waals surface area contributed by atoms with Gasteiger partial charge >= 0.3 is 0 Å². The van der Waals surface area contributed by atoms with Crippen LogP contribution in [0.25, 0.3) is 6.08 Å².